The average Bonchev–Trinajstić information content (AvgIpc) is 2.44. The standard InChI is InChI=1S/C14H19N3O4/c1-16(2)12(18)9-17(3)14(21)15-8-10-4-6-11(7-5-10)13(19)20/h4-7H,8-9H2,1-3H3,(H,15,21)(H,19,20). The predicted molar refractivity (Wildman–Crippen MR) is 77.0 cm³/mol. The molecule has 0 bridgehead atoms. The Morgan fingerprint density at radius 3 is 2.14 bits per heavy atom. The van der Waals surface area contributed by atoms with E-state index in [9.17, 15) is 14.4 Å². The molecule has 0 aliphatic carbocycles. The number of amides is 3. The summed E-state index contributed by atoms with van der Waals surface area (Å²) in [5.41, 5.74) is 0.972. The summed E-state index contributed by atoms with van der Waals surface area (Å²) in [5.74, 6) is -1.16. The fourth-order valence-corrected chi connectivity index (χ4v) is 1.49. The first kappa shape index (κ1) is 16.5. The molecule has 1 rings (SSSR count). The van der Waals surface area contributed by atoms with Crippen molar-refractivity contribution in [1.29, 1.82) is 0 Å². The van der Waals surface area contributed by atoms with E-state index in [0.717, 1.165) is 5.56 Å². The van der Waals surface area contributed by atoms with E-state index in [2.05, 4.69) is 5.32 Å². The highest BCUT2D eigenvalue weighted by Crippen LogP contribution is 2.04. The van der Waals surface area contributed by atoms with Gasteiger partial charge in [-0.1, -0.05) is 12.1 Å². The van der Waals surface area contributed by atoms with Crippen molar-refractivity contribution in [2.45, 2.75) is 6.54 Å². The molecule has 1 aromatic rings. The number of likely N-dealkylation sites (N-methyl/N-ethyl adjacent to an activating group) is 2. The Labute approximate surface area is 123 Å². The van der Waals surface area contributed by atoms with Crippen LogP contribution in [0.15, 0.2) is 24.3 Å². The second-order valence-corrected chi connectivity index (χ2v) is 4.81. The maximum atomic E-state index is 11.8. The molecule has 7 heteroatoms. The molecule has 0 aliphatic rings. The molecule has 0 radical (unpaired) electrons. The van der Waals surface area contributed by atoms with Crippen molar-refractivity contribution in [1.82, 2.24) is 15.1 Å². The molecular weight excluding hydrogens is 274 g/mol. The normalized spacial score (nSPS) is 9.86. The molecule has 114 valence electrons. The van der Waals surface area contributed by atoms with Crippen molar-refractivity contribution in [3.63, 3.8) is 0 Å². The Morgan fingerprint density at radius 1 is 1.10 bits per heavy atom. The number of benzene rings is 1. The fourth-order valence-electron chi connectivity index (χ4n) is 1.49. The van der Waals surface area contributed by atoms with Crippen LogP contribution in [0.5, 0.6) is 0 Å². The van der Waals surface area contributed by atoms with Crippen molar-refractivity contribution < 1.29 is 19.5 Å². The van der Waals surface area contributed by atoms with Crippen LogP contribution >= 0.6 is 0 Å². The number of carbonyl (C=O) groups is 3. The van der Waals surface area contributed by atoms with Gasteiger partial charge in [0.2, 0.25) is 5.91 Å². The Bertz CT molecular complexity index is 526. The Morgan fingerprint density at radius 2 is 1.67 bits per heavy atom. The fraction of sp³-hybridized carbons (Fsp3) is 0.357. The molecule has 0 spiro atoms. The summed E-state index contributed by atoms with van der Waals surface area (Å²) in [7, 11) is 4.78. The van der Waals surface area contributed by atoms with E-state index in [1.54, 1.807) is 26.2 Å². The summed E-state index contributed by atoms with van der Waals surface area (Å²) in [6, 6.07) is 5.85. The highest BCUT2D eigenvalue weighted by molar-refractivity contribution is 5.87. The summed E-state index contributed by atoms with van der Waals surface area (Å²) in [4.78, 5) is 36.7. The lowest BCUT2D eigenvalue weighted by atomic mass is 10.1. The molecule has 0 saturated carbocycles. The predicted octanol–water partition coefficient (Wildman–Crippen LogP) is 0.614. The number of hydrogen-bond donors (Lipinski definition) is 2. The zero-order chi connectivity index (χ0) is 16.0. The van der Waals surface area contributed by atoms with Crippen molar-refractivity contribution in [3.8, 4) is 0 Å². The van der Waals surface area contributed by atoms with Crippen molar-refractivity contribution in [2.24, 2.45) is 0 Å². The van der Waals surface area contributed by atoms with Crippen molar-refractivity contribution in [2.75, 3.05) is 27.7 Å². The van der Waals surface area contributed by atoms with Gasteiger partial charge in [-0.05, 0) is 17.7 Å². The number of nitrogens with one attached hydrogen (secondary N) is 1. The van der Waals surface area contributed by atoms with Crippen LogP contribution in [-0.2, 0) is 11.3 Å². The molecule has 0 aliphatic heterocycles. The quantitative estimate of drug-likeness (QED) is 0.832. The second-order valence-electron chi connectivity index (χ2n) is 4.81. The van der Waals surface area contributed by atoms with Crippen molar-refractivity contribution in [3.05, 3.63) is 35.4 Å². The smallest absolute Gasteiger partial charge is 0.335 e. The number of rotatable bonds is 5. The number of carboxylic acid groups (broad SMARTS) is 1. The molecule has 0 atom stereocenters. The van der Waals surface area contributed by atoms with Crippen LogP contribution in [0, 0.1) is 0 Å². The summed E-state index contributed by atoms with van der Waals surface area (Å²) >= 11 is 0. The third-order valence-electron chi connectivity index (χ3n) is 2.86. The minimum absolute atomic E-state index is 0.00319. The van der Waals surface area contributed by atoms with Gasteiger partial charge in [0.15, 0.2) is 0 Å². The van der Waals surface area contributed by atoms with Gasteiger partial charge in [0.05, 0.1) is 5.56 Å². The maximum absolute atomic E-state index is 11.8. The van der Waals surface area contributed by atoms with Gasteiger partial charge in [-0.2, -0.15) is 0 Å². The number of carbonyl (C=O) groups excluding carboxylic acids is 2. The first-order chi connectivity index (χ1) is 9.81. The topological polar surface area (TPSA) is 90.0 Å². The van der Waals surface area contributed by atoms with E-state index >= 15 is 0 Å². The molecule has 7 nitrogen and oxygen atoms in total. The minimum Gasteiger partial charge on any atom is -0.478 e. The molecule has 0 fully saturated rings. The number of nitrogens with zero attached hydrogens (tertiary/aromatic N) is 2. The van der Waals surface area contributed by atoms with Crippen LogP contribution in [0.25, 0.3) is 0 Å². The lowest BCUT2D eigenvalue weighted by Crippen LogP contribution is -2.42. The molecule has 1 aromatic carbocycles. The van der Waals surface area contributed by atoms with Gasteiger partial charge in [-0.15, -0.1) is 0 Å². The van der Waals surface area contributed by atoms with E-state index in [-0.39, 0.29) is 30.6 Å². The van der Waals surface area contributed by atoms with Crippen LogP contribution in [0.4, 0.5) is 4.79 Å². The Balaban J connectivity index is 2.48. The minimum atomic E-state index is -0.993. The monoisotopic (exact) mass is 293 g/mol. The van der Waals surface area contributed by atoms with Gasteiger partial charge < -0.3 is 20.2 Å². The third-order valence-corrected chi connectivity index (χ3v) is 2.86. The summed E-state index contributed by atoms with van der Waals surface area (Å²) < 4.78 is 0. The van der Waals surface area contributed by atoms with E-state index in [0.29, 0.717) is 0 Å². The lowest BCUT2D eigenvalue weighted by molar-refractivity contribution is -0.129. The largest absolute Gasteiger partial charge is 0.478 e. The second kappa shape index (κ2) is 7.28. The summed E-state index contributed by atoms with van der Waals surface area (Å²) in [6.45, 7) is 0.260. The van der Waals surface area contributed by atoms with Crippen molar-refractivity contribution >= 4 is 17.9 Å². The number of aromatic carboxylic acids is 1. The average molecular weight is 293 g/mol. The van der Waals surface area contributed by atoms with Gasteiger partial charge in [0.25, 0.3) is 0 Å². The molecule has 3 amide bonds. The summed E-state index contributed by atoms with van der Waals surface area (Å²) in [6.07, 6.45) is 0. The van der Waals surface area contributed by atoms with E-state index in [4.69, 9.17) is 5.11 Å². The first-order valence-corrected chi connectivity index (χ1v) is 6.32. The zero-order valence-electron chi connectivity index (χ0n) is 12.3. The van der Waals surface area contributed by atoms with E-state index in [1.807, 2.05) is 0 Å². The highest BCUT2D eigenvalue weighted by atomic mass is 16.4. The van der Waals surface area contributed by atoms with E-state index in [1.165, 1.54) is 29.0 Å². The molecule has 0 aromatic heterocycles. The lowest BCUT2D eigenvalue weighted by Gasteiger charge is -2.19. The molecule has 0 saturated heterocycles. The van der Waals surface area contributed by atoms with Gasteiger partial charge >= 0.3 is 12.0 Å². The van der Waals surface area contributed by atoms with Crippen LogP contribution in [-0.4, -0.2) is 60.5 Å². The number of hydrogen-bond acceptors (Lipinski definition) is 3. The number of urea groups is 1. The molecule has 0 heterocycles. The molecule has 0 unspecified atom stereocenters. The number of carboxylic acids is 1. The van der Waals surface area contributed by atoms with Gasteiger partial charge in [0, 0.05) is 27.7 Å². The van der Waals surface area contributed by atoms with E-state index < -0.39 is 5.97 Å². The van der Waals surface area contributed by atoms with Crippen LogP contribution < -0.4 is 5.32 Å². The first-order valence-electron chi connectivity index (χ1n) is 6.32. The van der Waals surface area contributed by atoms with Gasteiger partial charge in [0.1, 0.15) is 6.54 Å². The Kier molecular flexibility index (Phi) is 5.71. The van der Waals surface area contributed by atoms with Crippen LogP contribution in [0.3, 0.4) is 0 Å². The summed E-state index contributed by atoms with van der Waals surface area (Å²) in [5, 5.41) is 11.4. The van der Waals surface area contributed by atoms with Gasteiger partial charge in [-0.25, -0.2) is 9.59 Å². The van der Waals surface area contributed by atoms with Crippen LogP contribution in [0.1, 0.15) is 15.9 Å². The zero-order valence-corrected chi connectivity index (χ0v) is 12.3. The Hall–Kier alpha value is -2.57. The van der Waals surface area contributed by atoms with Crippen LogP contribution in [0.2, 0.25) is 0 Å². The highest BCUT2D eigenvalue weighted by Gasteiger charge is 2.13. The molecular formula is C14H19N3O4. The van der Waals surface area contributed by atoms with Gasteiger partial charge in [-0.3, -0.25) is 4.79 Å². The molecule has 21 heavy (non-hydrogen) atoms. The maximum Gasteiger partial charge on any atom is 0.335 e. The molecule has 2 N–H and O–H groups in total. The third kappa shape index (κ3) is 5.13. The SMILES string of the molecule is CN(C)C(=O)CN(C)C(=O)NCc1ccc(C(=O)O)cc1.